The van der Waals surface area contributed by atoms with E-state index in [1.165, 1.54) is 0 Å². The van der Waals surface area contributed by atoms with Gasteiger partial charge in [-0.1, -0.05) is 29.3 Å². The van der Waals surface area contributed by atoms with E-state index in [0.29, 0.717) is 11.4 Å². The molecule has 0 amide bonds. The Morgan fingerprint density at radius 1 is 1.14 bits per heavy atom. The summed E-state index contributed by atoms with van der Waals surface area (Å²) < 4.78 is 6.26. The van der Waals surface area contributed by atoms with Crippen LogP contribution in [0.15, 0.2) is 65.9 Å². The zero-order valence-electron chi connectivity index (χ0n) is 15.2. The lowest BCUT2D eigenvalue weighted by Gasteiger charge is -2.37. The first-order chi connectivity index (χ1) is 13.6. The van der Waals surface area contributed by atoms with Gasteiger partial charge >= 0.3 is 0 Å². The Labute approximate surface area is 167 Å². The molecule has 0 saturated carbocycles. The quantitative estimate of drug-likeness (QED) is 0.668. The fourth-order valence-electron chi connectivity index (χ4n) is 3.82. The van der Waals surface area contributed by atoms with Gasteiger partial charge in [-0.25, -0.2) is 5.01 Å². The number of hydrazone groups is 1. The lowest BCUT2D eigenvalue weighted by Crippen LogP contribution is -2.34. The van der Waals surface area contributed by atoms with Crippen LogP contribution in [0.25, 0.3) is 0 Å². The van der Waals surface area contributed by atoms with Gasteiger partial charge in [-0.05, 0) is 49.4 Å². The molecule has 3 heterocycles. The highest BCUT2D eigenvalue weighted by Gasteiger charge is 2.42. The van der Waals surface area contributed by atoms with Crippen molar-refractivity contribution in [1.82, 2.24) is 9.99 Å². The topological polar surface area (TPSA) is 58.0 Å². The van der Waals surface area contributed by atoms with Crippen LogP contribution in [-0.4, -0.2) is 20.8 Å². The molecule has 0 saturated heterocycles. The standard InChI is InChI=1S/C22H18ClN3O2/c1-13-5-7-20(27)15(10-13)18-12-19-16-11-14(23)6-8-21(16)28-22(26(19)25-18)17-4-2-3-9-24-17/h2-11,19,22,27H,12H2,1H3/t19-,22-/m1/s1. The molecule has 2 aliphatic rings. The molecule has 0 aliphatic carbocycles. The number of halogens is 1. The summed E-state index contributed by atoms with van der Waals surface area (Å²) in [6.07, 6.45) is 1.96. The molecule has 5 rings (SSSR count). The molecule has 2 aliphatic heterocycles. The number of rotatable bonds is 2. The van der Waals surface area contributed by atoms with Crippen molar-refractivity contribution in [2.24, 2.45) is 5.10 Å². The molecule has 2 aromatic carbocycles. The van der Waals surface area contributed by atoms with E-state index in [1.807, 2.05) is 60.5 Å². The Morgan fingerprint density at radius 2 is 2.04 bits per heavy atom. The van der Waals surface area contributed by atoms with Gasteiger partial charge in [0, 0.05) is 28.8 Å². The highest BCUT2D eigenvalue weighted by atomic mass is 35.5. The van der Waals surface area contributed by atoms with E-state index in [9.17, 15) is 5.11 Å². The van der Waals surface area contributed by atoms with E-state index in [4.69, 9.17) is 21.4 Å². The van der Waals surface area contributed by atoms with E-state index in [0.717, 1.165) is 33.8 Å². The maximum atomic E-state index is 10.4. The van der Waals surface area contributed by atoms with Crippen LogP contribution in [0.5, 0.6) is 11.5 Å². The summed E-state index contributed by atoms with van der Waals surface area (Å²) in [4.78, 5) is 4.47. The first kappa shape index (κ1) is 17.1. The smallest absolute Gasteiger partial charge is 0.230 e. The van der Waals surface area contributed by atoms with Gasteiger partial charge < -0.3 is 9.84 Å². The molecule has 5 nitrogen and oxygen atoms in total. The molecule has 2 atom stereocenters. The number of pyridine rings is 1. The number of ether oxygens (including phenoxy) is 1. The molecule has 0 bridgehead atoms. The van der Waals surface area contributed by atoms with E-state index in [2.05, 4.69) is 4.98 Å². The lowest BCUT2D eigenvalue weighted by atomic mass is 9.95. The molecule has 0 fully saturated rings. The summed E-state index contributed by atoms with van der Waals surface area (Å²) in [7, 11) is 0. The number of phenols is 1. The first-order valence-electron chi connectivity index (χ1n) is 9.13. The Kier molecular flexibility index (Phi) is 3.98. The number of aromatic hydroxyl groups is 1. The molecule has 28 heavy (non-hydrogen) atoms. The van der Waals surface area contributed by atoms with Gasteiger partial charge in [-0.2, -0.15) is 5.10 Å². The average Bonchev–Trinajstić information content (AvgIpc) is 3.15. The Bertz CT molecular complexity index is 1080. The summed E-state index contributed by atoms with van der Waals surface area (Å²) in [5.74, 6) is 1.01. The molecule has 0 unspecified atom stereocenters. The third-order valence-electron chi connectivity index (χ3n) is 5.16. The third kappa shape index (κ3) is 2.79. The fraction of sp³-hybridized carbons (Fsp3) is 0.182. The van der Waals surface area contributed by atoms with Crippen LogP contribution in [0.4, 0.5) is 0 Å². The average molecular weight is 392 g/mol. The Balaban J connectivity index is 1.63. The maximum Gasteiger partial charge on any atom is 0.230 e. The highest BCUT2D eigenvalue weighted by Crippen LogP contribution is 2.48. The lowest BCUT2D eigenvalue weighted by molar-refractivity contribution is -0.0218. The van der Waals surface area contributed by atoms with Gasteiger partial charge in [0.15, 0.2) is 0 Å². The summed E-state index contributed by atoms with van der Waals surface area (Å²) in [6, 6.07) is 16.9. The van der Waals surface area contributed by atoms with Gasteiger partial charge in [0.25, 0.3) is 0 Å². The molecule has 0 spiro atoms. The van der Waals surface area contributed by atoms with Crippen molar-refractivity contribution in [2.75, 3.05) is 0 Å². The number of phenolic OH excluding ortho intramolecular Hbond substituents is 1. The van der Waals surface area contributed by atoms with Crippen molar-refractivity contribution >= 4 is 17.3 Å². The monoisotopic (exact) mass is 391 g/mol. The van der Waals surface area contributed by atoms with Gasteiger partial charge in [0.1, 0.15) is 17.2 Å². The van der Waals surface area contributed by atoms with Crippen molar-refractivity contribution in [3.63, 3.8) is 0 Å². The van der Waals surface area contributed by atoms with E-state index in [-0.39, 0.29) is 11.8 Å². The fourth-order valence-corrected chi connectivity index (χ4v) is 4.00. The van der Waals surface area contributed by atoms with Gasteiger partial charge in [-0.15, -0.1) is 0 Å². The largest absolute Gasteiger partial charge is 0.507 e. The van der Waals surface area contributed by atoms with Crippen LogP contribution in [0.1, 0.15) is 41.1 Å². The van der Waals surface area contributed by atoms with Crippen molar-refractivity contribution in [2.45, 2.75) is 25.6 Å². The molecule has 1 N–H and O–H groups in total. The third-order valence-corrected chi connectivity index (χ3v) is 5.39. The van der Waals surface area contributed by atoms with Crippen LogP contribution in [0.2, 0.25) is 5.02 Å². The van der Waals surface area contributed by atoms with Gasteiger partial charge in [0.2, 0.25) is 6.23 Å². The summed E-state index contributed by atoms with van der Waals surface area (Å²) in [5.41, 5.74) is 4.42. The molecule has 1 aromatic heterocycles. The molecule has 0 radical (unpaired) electrons. The molecular weight excluding hydrogens is 374 g/mol. The van der Waals surface area contributed by atoms with E-state index < -0.39 is 6.23 Å². The summed E-state index contributed by atoms with van der Waals surface area (Å²) >= 11 is 6.26. The van der Waals surface area contributed by atoms with Crippen molar-refractivity contribution in [3.05, 3.63) is 88.2 Å². The normalized spacial score (nSPS) is 20.2. The number of hydrogen-bond donors (Lipinski definition) is 1. The zero-order chi connectivity index (χ0) is 19.3. The summed E-state index contributed by atoms with van der Waals surface area (Å²) in [6.45, 7) is 2.00. The Morgan fingerprint density at radius 3 is 2.86 bits per heavy atom. The second-order valence-electron chi connectivity index (χ2n) is 7.07. The molecule has 3 aromatic rings. The predicted molar refractivity (Wildman–Crippen MR) is 108 cm³/mol. The van der Waals surface area contributed by atoms with E-state index >= 15 is 0 Å². The number of aromatic nitrogens is 1. The Hall–Kier alpha value is -3.05. The minimum Gasteiger partial charge on any atom is -0.507 e. The van der Waals surface area contributed by atoms with Crippen LogP contribution < -0.4 is 4.74 Å². The van der Waals surface area contributed by atoms with Crippen molar-refractivity contribution < 1.29 is 9.84 Å². The number of hydrogen-bond acceptors (Lipinski definition) is 5. The number of nitrogens with zero attached hydrogens (tertiary/aromatic N) is 3. The van der Waals surface area contributed by atoms with Crippen molar-refractivity contribution in [1.29, 1.82) is 0 Å². The minimum atomic E-state index is -0.440. The summed E-state index contributed by atoms with van der Waals surface area (Å²) in [5, 5.41) is 17.8. The highest BCUT2D eigenvalue weighted by molar-refractivity contribution is 6.30. The molecule has 6 heteroatoms. The van der Waals surface area contributed by atoms with Crippen LogP contribution >= 0.6 is 11.6 Å². The number of benzene rings is 2. The SMILES string of the molecule is Cc1ccc(O)c(C2=NN3[C@H](C2)c2cc(Cl)ccc2O[C@@H]3c2ccccn2)c1. The van der Waals surface area contributed by atoms with Crippen molar-refractivity contribution in [3.8, 4) is 11.5 Å². The van der Waals surface area contributed by atoms with Gasteiger partial charge in [-0.3, -0.25) is 4.98 Å². The minimum absolute atomic E-state index is 0.0376. The maximum absolute atomic E-state index is 10.4. The number of aryl methyl sites for hydroxylation is 1. The first-order valence-corrected chi connectivity index (χ1v) is 9.51. The van der Waals surface area contributed by atoms with Gasteiger partial charge in [0.05, 0.1) is 11.8 Å². The molecular formula is C22H18ClN3O2. The second kappa shape index (κ2) is 6.53. The molecule has 140 valence electrons. The van der Waals surface area contributed by atoms with Crippen LogP contribution in [-0.2, 0) is 0 Å². The second-order valence-corrected chi connectivity index (χ2v) is 7.51. The number of fused-ring (bicyclic) bond motifs is 3. The van der Waals surface area contributed by atoms with Crippen LogP contribution in [0.3, 0.4) is 0 Å². The predicted octanol–water partition coefficient (Wildman–Crippen LogP) is 4.99. The van der Waals surface area contributed by atoms with Crippen LogP contribution in [0, 0.1) is 6.92 Å². The zero-order valence-corrected chi connectivity index (χ0v) is 16.0. The van der Waals surface area contributed by atoms with E-state index in [1.54, 1.807) is 12.3 Å².